The number of hydrogen-bond acceptors (Lipinski definition) is 1. The van der Waals surface area contributed by atoms with E-state index < -0.39 is 0 Å². The molecule has 0 saturated carbocycles. The van der Waals surface area contributed by atoms with E-state index in [1.54, 1.807) is 24.3 Å². The molecule has 0 bridgehead atoms. The molecule has 64 valence electrons. The van der Waals surface area contributed by atoms with Gasteiger partial charge in [-0.15, -0.1) is 11.6 Å². The van der Waals surface area contributed by atoms with E-state index in [1.165, 1.54) is 6.07 Å². The first-order chi connectivity index (χ1) is 5.75. The smallest absolute Gasteiger partial charge is 0.132 e. The predicted molar refractivity (Wildman–Crippen MR) is 50.6 cm³/mol. The minimum atomic E-state index is -0.323. The minimum absolute atomic E-state index is 0.323. The molecule has 0 saturated heterocycles. The highest BCUT2D eigenvalue weighted by atomic mass is 35.5. The Kier molecular flexibility index (Phi) is 3.11. The van der Waals surface area contributed by atoms with E-state index in [0.29, 0.717) is 17.1 Å². The summed E-state index contributed by atoms with van der Waals surface area (Å²) >= 11 is 5.41. The van der Waals surface area contributed by atoms with Crippen LogP contribution in [0.2, 0.25) is 0 Å². The van der Waals surface area contributed by atoms with E-state index in [0.717, 1.165) is 0 Å². The Labute approximate surface area is 75.6 Å². The molecule has 0 heterocycles. The van der Waals surface area contributed by atoms with Crippen molar-refractivity contribution in [2.45, 2.75) is 0 Å². The van der Waals surface area contributed by atoms with Gasteiger partial charge in [-0.3, -0.25) is 0 Å². The van der Waals surface area contributed by atoms with Crippen LogP contribution in [0.3, 0.4) is 0 Å². The number of nitrogens with two attached hydrogens (primary N) is 1. The summed E-state index contributed by atoms with van der Waals surface area (Å²) in [5, 5.41) is 0. The van der Waals surface area contributed by atoms with Crippen molar-refractivity contribution in [2.24, 2.45) is 0 Å². The van der Waals surface area contributed by atoms with Gasteiger partial charge in [0.2, 0.25) is 0 Å². The van der Waals surface area contributed by atoms with Crippen molar-refractivity contribution in [1.82, 2.24) is 0 Å². The highest BCUT2D eigenvalue weighted by Gasteiger charge is 2.00. The second kappa shape index (κ2) is 4.12. The first-order valence-electron chi connectivity index (χ1n) is 3.52. The number of nitrogen functional groups attached to an aromatic ring is 1. The zero-order chi connectivity index (χ0) is 8.97. The number of hydrogen-bond donors (Lipinski definition) is 1. The van der Waals surface area contributed by atoms with Crippen molar-refractivity contribution >= 4 is 23.4 Å². The van der Waals surface area contributed by atoms with E-state index in [-0.39, 0.29) is 5.82 Å². The number of benzene rings is 1. The van der Waals surface area contributed by atoms with Gasteiger partial charge in [0, 0.05) is 17.1 Å². The molecule has 0 aliphatic carbocycles. The Morgan fingerprint density at radius 2 is 2.25 bits per heavy atom. The Morgan fingerprint density at radius 3 is 2.83 bits per heavy atom. The molecular weight excluding hydrogens is 177 g/mol. The van der Waals surface area contributed by atoms with Gasteiger partial charge in [-0.05, 0) is 12.1 Å². The molecular formula is C9H9ClFN. The average Bonchev–Trinajstić information content (AvgIpc) is 2.04. The maximum Gasteiger partial charge on any atom is 0.132 e. The Hall–Kier alpha value is -1.02. The molecule has 2 N–H and O–H groups in total. The lowest BCUT2D eigenvalue weighted by Gasteiger charge is -2.00. The van der Waals surface area contributed by atoms with Gasteiger partial charge in [-0.25, -0.2) is 4.39 Å². The molecule has 0 amide bonds. The summed E-state index contributed by atoms with van der Waals surface area (Å²) in [4.78, 5) is 0. The van der Waals surface area contributed by atoms with E-state index in [1.807, 2.05) is 0 Å². The third-order valence-electron chi connectivity index (χ3n) is 1.46. The highest BCUT2D eigenvalue weighted by Crippen LogP contribution is 2.16. The normalized spacial score (nSPS) is 10.8. The van der Waals surface area contributed by atoms with Crippen LogP contribution in [0.25, 0.3) is 6.08 Å². The highest BCUT2D eigenvalue weighted by molar-refractivity contribution is 6.19. The molecule has 3 heteroatoms. The molecule has 0 aromatic heterocycles. The number of anilines is 1. The molecule has 0 aliphatic heterocycles. The van der Waals surface area contributed by atoms with Crippen LogP contribution < -0.4 is 5.73 Å². The molecule has 0 aliphatic rings. The van der Waals surface area contributed by atoms with Crippen LogP contribution in [0.1, 0.15) is 5.56 Å². The van der Waals surface area contributed by atoms with Gasteiger partial charge in [0.15, 0.2) is 0 Å². The summed E-state index contributed by atoms with van der Waals surface area (Å²) in [6.45, 7) is 0. The molecule has 0 unspecified atom stereocenters. The van der Waals surface area contributed by atoms with Gasteiger partial charge in [0.25, 0.3) is 0 Å². The molecule has 12 heavy (non-hydrogen) atoms. The monoisotopic (exact) mass is 185 g/mol. The standard InChI is InChI=1S/C9H9ClFN/c10-6-2-3-7-8(11)4-1-5-9(7)12/h1-5H,6,12H2. The molecule has 0 radical (unpaired) electrons. The van der Waals surface area contributed by atoms with Crippen molar-refractivity contribution in [3.05, 3.63) is 35.7 Å². The summed E-state index contributed by atoms with van der Waals surface area (Å²) in [7, 11) is 0. The van der Waals surface area contributed by atoms with E-state index in [9.17, 15) is 4.39 Å². The maximum atomic E-state index is 13.0. The summed E-state index contributed by atoms with van der Waals surface area (Å²) in [6.07, 6.45) is 3.23. The molecule has 1 rings (SSSR count). The topological polar surface area (TPSA) is 26.0 Å². The second-order valence-corrected chi connectivity index (χ2v) is 2.61. The average molecular weight is 186 g/mol. The Morgan fingerprint density at radius 1 is 1.50 bits per heavy atom. The first-order valence-corrected chi connectivity index (χ1v) is 4.05. The van der Waals surface area contributed by atoms with Crippen molar-refractivity contribution < 1.29 is 4.39 Å². The van der Waals surface area contributed by atoms with Gasteiger partial charge in [-0.2, -0.15) is 0 Å². The molecule has 1 aromatic carbocycles. The van der Waals surface area contributed by atoms with Gasteiger partial charge in [-0.1, -0.05) is 18.2 Å². The van der Waals surface area contributed by atoms with Crippen LogP contribution >= 0.6 is 11.6 Å². The van der Waals surface area contributed by atoms with Crippen LogP contribution in [0.15, 0.2) is 24.3 Å². The van der Waals surface area contributed by atoms with Crippen molar-refractivity contribution in [2.75, 3.05) is 11.6 Å². The van der Waals surface area contributed by atoms with Crippen molar-refractivity contribution in [3.8, 4) is 0 Å². The molecule has 0 atom stereocenters. The minimum Gasteiger partial charge on any atom is -0.398 e. The quantitative estimate of drug-likeness (QED) is 0.557. The number of rotatable bonds is 2. The SMILES string of the molecule is Nc1cccc(F)c1C=CCCl. The Bertz CT molecular complexity index is 276. The largest absolute Gasteiger partial charge is 0.398 e. The van der Waals surface area contributed by atoms with Gasteiger partial charge >= 0.3 is 0 Å². The fourth-order valence-electron chi connectivity index (χ4n) is 0.892. The zero-order valence-corrected chi connectivity index (χ0v) is 7.18. The molecule has 1 aromatic rings. The van der Waals surface area contributed by atoms with Crippen LogP contribution in [-0.4, -0.2) is 5.88 Å². The third-order valence-corrected chi connectivity index (χ3v) is 1.64. The second-order valence-electron chi connectivity index (χ2n) is 2.30. The molecule has 0 fully saturated rings. The predicted octanol–water partition coefficient (Wildman–Crippen LogP) is 2.66. The summed E-state index contributed by atoms with van der Waals surface area (Å²) in [5.74, 6) is 0.0321. The van der Waals surface area contributed by atoms with E-state index in [2.05, 4.69) is 0 Å². The fraction of sp³-hybridized carbons (Fsp3) is 0.111. The number of allylic oxidation sites excluding steroid dienone is 1. The van der Waals surface area contributed by atoms with Crippen LogP contribution in [0, 0.1) is 5.82 Å². The van der Waals surface area contributed by atoms with Gasteiger partial charge < -0.3 is 5.73 Å². The van der Waals surface area contributed by atoms with Crippen molar-refractivity contribution in [1.29, 1.82) is 0 Å². The fourth-order valence-corrected chi connectivity index (χ4v) is 0.981. The van der Waals surface area contributed by atoms with E-state index >= 15 is 0 Å². The van der Waals surface area contributed by atoms with Gasteiger partial charge in [0.05, 0.1) is 0 Å². The van der Waals surface area contributed by atoms with Crippen LogP contribution in [-0.2, 0) is 0 Å². The summed E-state index contributed by atoms with van der Waals surface area (Å²) < 4.78 is 13.0. The van der Waals surface area contributed by atoms with Gasteiger partial charge in [0.1, 0.15) is 5.82 Å². The maximum absolute atomic E-state index is 13.0. The Balaban J connectivity index is 3.04. The first kappa shape index (κ1) is 9.07. The van der Waals surface area contributed by atoms with Crippen LogP contribution in [0.4, 0.5) is 10.1 Å². The lowest BCUT2D eigenvalue weighted by atomic mass is 10.1. The van der Waals surface area contributed by atoms with E-state index in [4.69, 9.17) is 17.3 Å². The molecule has 0 spiro atoms. The van der Waals surface area contributed by atoms with Crippen LogP contribution in [0.5, 0.6) is 0 Å². The lowest BCUT2D eigenvalue weighted by molar-refractivity contribution is 0.626. The molecule has 1 nitrogen and oxygen atoms in total. The zero-order valence-electron chi connectivity index (χ0n) is 6.43. The number of alkyl halides is 1. The summed E-state index contributed by atoms with van der Waals surface area (Å²) in [6, 6.07) is 4.59. The lowest BCUT2D eigenvalue weighted by Crippen LogP contribution is -1.91. The van der Waals surface area contributed by atoms with Crippen molar-refractivity contribution in [3.63, 3.8) is 0 Å². The summed E-state index contributed by atoms with van der Waals surface area (Å²) in [5.41, 5.74) is 6.36. The number of halogens is 2. The third kappa shape index (κ3) is 1.98.